The summed E-state index contributed by atoms with van der Waals surface area (Å²) in [5.41, 5.74) is 1.22. The third-order valence-corrected chi connectivity index (χ3v) is 5.38. The number of carbonyl (C=O) groups excluding carboxylic acids is 1. The second kappa shape index (κ2) is 7.19. The number of hydrogen-bond acceptors (Lipinski definition) is 6. The first kappa shape index (κ1) is 19.2. The molecule has 3 aromatic heterocycles. The summed E-state index contributed by atoms with van der Waals surface area (Å²) in [6.45, 7) is 9.98. The Morgan fingerprint density at radius 1 is 1.22 bits per heavy atom. The number of aromatic nitrogens is 4. The van der Waals surface area contributed by atoms with Crippen molar-refractivity contribution in [1.82, 2.24) is 19.9 Å². The van der Waals surface area contributed by atoms with E-state index in [2.05, 4.69) is 25.3 Å². The number of H-pyrrole nitrogens is 1. The summed E-state index contributed by atoms with van der Waals surface area (Å²) in [7, 11) is 0. The van der Waals surface area contributed by atoms with Gasteiger partial charge in [0.2, 0.25) is 5.91 Å². The lowest BCUT2D eigenvalue weighted by atomic mass is 9.96. The molecule has 8 heteroatoms. The lowest BCUT2D eigenvalue weighted by molar-refractivity contribution is -0.116. The molecule has 0 saturated heterocycles. The molecule has 7 nitrogen and oxygen atoms in total. The van der Waals surface area contributed by atoms with Crippen molar-refractivity contribution in [3.8, 4) is 0 Å². The van der Waals surface area contributed by atoms with Crippen LogP contribution in [0.25, 0.3) is 10.2 Å². The third-order valence-electron chi connectivity index (χ3n) is 4.28. The second-order valence-corrected chi connectivity index (χ2v) is 8.77. The lowest BCUT2D eigenvalue weighted by Crippen LogP contribution is -2.18. The van der Waals surface area contributed by atoms with E-state index in [4.69, 9.17) is 0 Å². The van der Waals surface area contributed by atoms with Crippen molar-refractivity contribution < 1.29 is 4.79 Å². The minimum atomic E-state index is -0.177. The predicted molar refractivity (Wildman–Crippen MR) is 107 cm³/mol. The number of carbonyl (C=O) groups is 1. The Bertz CT molecular complexity index is 1040. The first-order chi connectivity index (χ1) is 12.6. The summed E-state index contributed by atoms with van der Waals surface area (Å²) in [6.07, 6.45) is 3.77. The molecule has 0 bridgehead atoms. The molecule has 0 spiro atoms. The van der Waals surface area contributed by atoms with Gasteiger partial charge in [-0.1, -0.05) is 20.8 Å². The van der Waals surface area contributed by atoms with Crippen LogP contribution in [0.1, 0.15) is 49.3 Å². The van der Waals surface area contributed by atoms with Crippen molar-refractivity contribution in [2.24, 2.45) is 0 Å². The summed E-state index contributed by atoms with van der Waals surface area (Å²) in [4.78, 5) is 42.1. The van der Waals surface area contributed by atoms with Crippen molar-refractivity contribution in [1.29, 1.82) is 0 Å². The zero-order valence-electron chi connectivity index (χ0n) is 16.1. The van der Waals surface area contributed by atoms with Crippen LogP contribution in [0.3, 0.4) is 0 Å². The molecule has 3 rings (SSSR count). The number of aryl methyl sites for hydroxylation is 3. The van der Waals surface area contributed by atoms with Crippen LogP contribution in [0.15, 0.2) is 17.2 Å². The van der Waals surface area contributed by atoms with Crippen molar-refractivity contribution >= 4 is 33.1 Å². The summed E-state index contributed by atoms with van der Waals surface area (Å²) in [6, 6.07) is 0. The van der Waals surface area contributed by atoms with Crippen LogP contribution in [0.5, 0.6) is 0 Å². The summed E-state index contributed by atoms with van der Waals surface area (Å²) < 4.78 is 0. The number of rotatable bonds is 4. The molecule has 0 radical (unpaired) electrons. The van der Waals surface area contributed by atoms with E-state index in [1.54, 1.807) is 12.4 Å². The lowest BCUT2D eigenvalue weighted by Gasteiger charge is -2.16. The van der Waals surface area contributed by atoms with Gasteiger partial charge in [-0.05, 0) is 19.4 Å². The van der Waals surface area contributed by atoms with Gasteiger partial charge in [-0.25, -0.2) is 15.0 Å². The normalized spacial score (nSPS) is 11.7. The highest BCUT2D eigenvalue weighted by molar-refractivity contribution is 7.18. The van der Waals surface area contributed by atoms with Gasteiger partial charge in [0.05, 0.1) is 23.5 Å². The average molecular weight is 385 g/mol. The van der Waals surface area contributed by atoms with Gasteiger partial charge in [0.1, 0.15) is 16.5 Å². The summed E-state index contributed by atoms with van der Waals surface area (Å²) in [5.74, 6) is 1.06. The van der Waals surface area contributed by atoms with Gasteiger partial charge in [0.15, 0.2) is 0 Å². The van der Waals surface area contributed by atoms with Gasteiger partial charge in [-0.15, -0.1) is 11.3 Å². The molecule has 0 aromatic carbocycles. The first-order valence-electron chi connectivity index (χ1n) is 8.76. The molecule has 142 valence electrons. The number of aromatic amines is 1. The summed E-state index contributed by atoms with van der Waals surface area (Å²) in [5, 5.41) is 3.42. The molecule has 2 N–H and O–H groups in total. The van der Waals surface area contributed by atoms with E-state index >= 15 is 0 Å². The SMILES string of the molecule is Cc1sc2nc(CCC(=O)Nc3cnc(C(C)(C)C)nc3)[nH]c(=O)c2c1C. The van der Waals surface area contributed by atoms with Crippen LogP contribution in [0.4, 0.5) is 5.69 Å². The molecule has 3 aromatic rings. The monoisotopic (exact) mass is 385 g/mol. The van der Waals surface area contributed by atoms with Crippen LogP contribution >= 0.6 is 11.3 Å². The van der Waals surface area contributed by atoms with Crippen molar-refractivity contribution in [3.05, 3.63) is 44.8 Å². The average Bonchev–Trinajstić information content (AvgIpc) is 2.87. The topological polar surface area (TPSA) is 101 Å². The molecule has 27 heavy (non-hydrogen) atoms. The van der Waals surface area contributed by atoms with Gasteiger partial charge >= 0.3 is 0 Å². The third kappa shape index (κ3) is 4.21. The van der Waals surface area contributed by atoms with Crippen LogP contribution < -0.4 is 10.9 Å². The quantitative estimate of drug-likeness (QED) is 0.718. The van der Waals surface area contributed by atoms with E-state index in [0.29, 0.717) is 23.3 Å². The zero-order valence-corrected chi connectivity index (χ0v) is 17.0. The molecular formula is C19H23N5O2S. The molecular weight excluding hydrogens is 362 g/mol. The molecule has 0 aliphatic carbocycles. The number of thiophene rings is 1. The molecule has 3 heterocycles. The second-order valence-electron chi connectivity index (χ2n) is 7.57. The Labute approximate surface area is 161 Å². The van der Waals surface area contributed by atoms with Crippen LogP contribution in [0, 0.1) is 13.8 Å². The first-order valence-corrected chi connectivity index (χ1v) is 9.58. The summed E-state index contributed by atoms with van der Waals surface area (Å²) >= 11 is 1.50. The number of fused-ring (bicyclic) bond motifs is 1. The number of nitrogens with zero attached hydrogens (tertiary/aromatic N) is 3. The highest BCUT2D eigenvalue weighted by Crippen LogP contribution is 2.25. The van der Waals surface area contributed by atoms with Crippen molar-refractivity contribution in [2.75, 3.05) is 5.32 Å². The van der Waals surface area contributed by atoms with Crippen molar-refractivity contribution in [3.63, 3.8) is 0 Å². The van der Waals surface area contributed by atoms with Gasteiger partial charge in [0.25, 0.3) is 5.56 Å². The Kier molecular flexibility index (Phi) is 5.10. The fourth-order valence-corrected chi connectivity index (χ4v) is 3.70. The predicted octanol–water partition coefficient (Wildman–Crippen LogP) is 3.26. The van der Waals surface area contributed by atoms with E-state index in [9.17, 15) is 9.59 Å². The molecule has 0 atom stereocenters. The van der Waals surface area contributed by atoms with Gasteiger partial charge in [-0.2, -0.15) is 0 Å². The maximum atomic E-state index is 12.3. The minimum absolute atomic E-state index is 0.142. The highest BCUT2D eigenvalue weighted by atomic mass is 32.1. The Balaban J connectivity index is 1.65. The minimum Gasteiger partial charge on any atom is -0.323 e. The van der Waals surface area contributed by atoms with Crippen molar-refractivity contribution in [2.45, 2.75) is 52.9 Å². The molecule has 0 unspecified atom stereocenters. The molecule has 0 saturated carbocycles. The van der Waals surface area contributed by atoms with Gasteiger partial charge < -0.3 is 10.3 Å². The van der Waals surface area contributed by atoms with E-state index < -0.39 is 0 Å². The molecule has 0 fully saturated rings. The standard InChI is InChI=1S/C19H23N5O2S/c1-10-11(2)27-17-15(10)16(26)23-13(24-17)6-7-14(25)22-12-8-20-18(21-9-12)19(3,4)5/h8-9H,6-7H2,1-5H3,(H,22,25)(H,23,24,26). The Morgan fingerprint density at radius 3 is 2.52 bits per heavy atom. The Hall–Kier alpha value is -2.61. The maximum Gasteiger partial charge on any atom is 0.259 e. The smallest absolute Gasteiger partial charge is 0.259 e. The molecule has 0 aliphatic heterocycles. The maximum absolute atomic E-state index is 12.3. The molecule has 1 amide bonds. The number of amides is 1. The number of nitrogens with one attached hydrogen (secondary N) is 2. The van der Waals surface area contributed by atoms with Crippen LogP contribution in [0.2, 0.25) is 0 Å². The van der Waals surface area contributed by atoms with E-state index in [1.165, 1.54) is 11.3 Å². The fourth-order valence-electron chi connectivity index (χ4n) is 2.65. The zero-order chi connectivity index (χ0) is 19.8. The van der Waals surface area contributed by atoms with Crippen LogP contribution in [-0.4, -0.2) is 25.8 Å². The number of hydrogen-bond donors (Lipinski definition) is 2. The van der Waals surface area contributed by atoms with E-state index in [-0.39, 0.29) is 23.3 Å². The van der Waals surface area contributed by atoms with E-state index in [0.717, 1.165) is 21.1 Å². The number of anilines is 1. The van der Waals surface area contributed by atoms with Gasteiger partial charge in [0, 0.05) is 23.1 Å². The fraction of sp³-hybridized carbons (Fsp3) is 0.421. The Morgan fingerprint density at radius 2 is 1.89 bits per heavy atom. The highest BCUT2D eigenvalue weighted by Gasteiger charge is 2.17. The van der Waals surface area contributed by atoms with E-state index in [1.807, 2.05) is 34.6 Å². The largest absolute Gasteiger partial charge is 0.323 e. The van der Waals surface area contributed by atoms with Crippen LogP contribution in [-0.2, 0) is 16.6 Å². The van der Waals surface area contributed by atoms with Gasteiger partial charge in [-0.3, -0.25) is 9.59 Å². The molecule has 0 aliphatic rings.